The van der Waals surface area contributed by atoms with Crippen molar-refractivity contribution >= 4 is 22.8 Å². The predicted octanol–water partition coefficient (Wildman–Crippen LogP) is 1.16. The highest BCUT2D eigenvalue weighted by Crippen LogP contribution is 2.29. The van der Waals surface area contributed by atoms with E-state index in [9.17, 15) is 4.79 Å². The third kappa shape index (κ3) is 1.95. The van der Waals surface area contributed by atoms with Crippen LogP contribution in [0.5, 0.6) is 0 Å². The summed E-state index contributed by atoms with van der Waals surface area (Å²) in [5.41, 5.74) is 7.72. The standard InChI is InChI=1S/C13H11N5O2/c14-12-10-11(8-4-2-1-3-5-8)17-18(6-9(19)20)13(10)16-7-15-12/h1-5,7H,6H2,(H,19,20)(H2,14,15,16). The molecule has 1 aromatic carbocycles. The normalized spacial score (nSPS) is 10.8. The van der Waals surface area contributed by atoms with Crippen molar-refractivity contribution in [3.63, 3.8) is 0 Å². The van der Waals surface area contributed by atoms with Gasteiger partial charge in [-0.15, -0.1) is 0 Å². The summed E-state index contributed by atoms with van der Waals surface area (Å²) in [5, 5.41) is 13.8. The molecule has 0 saturated heterocycles. The van der Waals surface area contributed by atoms with Crippen LogP contribution in [0.15, 0.2) is 36.7 Å². The van der Waals surface area contributed by atoms with Crippen LogP contribution in [-0.2, 0) is 11.3 Å². The van der Waals surface area contributed by atoms with Crippen LogP contribution in [0.1, 0.15) is 0 Å². The first-order valence-corrected chi connectivity index (χ1v) is 5.91. The zero-order valence-corrected chi connectivity index (χ0v) is 10.4. The second-order valence-electron chi connectivity index (χ2n) is 4.22. The highest BCUT2D eigenvalue weighted by atomic mass is 16.4. The number of carboxylic acid groups (broad SMARTS) is 1. The Morgan fingerprint density at radius 1 is 1.25 bits per heavy atom. The van der Waals surface area contributed by atoms with Gasteiger partial charge in [-0.2, -0.15) is 5.10 Å². The third-order valence-electron chi connectivity index (χ3n) is 2.89. The molecule has 0 aliphatic carbocycles. The summed E-state index contributed by atoms with van der Waals surface area (Å²) in [7, 11) is 0. The Bertz CT molecular complexity index is 782. The van der Waals surface area contributed by atoms with Crippen molar-refractivity contribution in [1.29, 1.82) is 0 Å². The lowest BCUT2D eigenvalue weighted by Gasteiger charge is -1.98. The van der Waals surface area contributed by atoms with E-state index < -0.39 is 5.97 Å². The smallest absolute Gasteiger partial charge is 0.325 e. The van der Waals surface area contributed by atoms with Crippen LogP contribution in [0, 0.1) is 0 Å². The molecule has 2 aromatic heterocycles. The number of benzene rings is 1. The third-order valence-corrected chi connectivity index (χ3v) is 2.89. The number of nitrogen functional groups attached to an aromatic ring is 1. The molecule has 7 heteroatoms. The fraction of sp³-hybridized carbons (Fsp3) is 0.0769. The minimum Gasteiger partial charge on any atom is -0.480 e. The largest absolute Gasteiger partial charge is 0.480 e. The molecule has 3 N–H and O–H groups in total. The number of carbonyl (C=O) groups is 1. The summed E-state index contributed by atoms with van der Waals surface area (Å²) >= 11 is 0. The first-order chi connectivity index (χ1) is 9.66. The highest BCUT2D eigenvalue weighted by Gasteiger charge is 2.17. The Balaban J connectivity index is 2.29. The second kappa shape index (κ2) is 4.61. The minimum absolute atomic E-state index is 0.278. The van der Waals surface area contributed by atoms with Crippen molar-refractivity contribution in [3.8, 4) is 11.3 Å². The number of anilines is 1. The number of nitrogens with two attached hydrogens (primary N) is 1. The number of fused-ring (bicyclic) bond motifs is 1. The van der Waals surface area contributed by atoms with Gasteiger partial charge in [0.05, 0.1) is 5.39 Å². The van der Waals surface area contributed by atoms with E-state index in [2.05, 4.69) is 15.1 Å². The molecule has 0 radical (unpaired) electrons. The quantitative estimate of drug-likeness (QED) is 0.738. The van der Waals surface area contributed by atoms with Gasteiger partial charge in [-0.3, -0.25) is 4.79 Å². The number of rotatable bonds is 3. The first-order valence-electron chi connectivity index (χ1n) is 5.91. The van der Waals surface area contributed by atoms with Gasteiger partial charge in [0.1, 0.15) is 24.4 Å². The van der Waals surface area contributed by atoms with Crippen LogP contribution < -0.4 is 5.73 Å². The van der Waals surface area contributed by atoms with Crippen molar-refractivity contribution in [2.24, 2.45) is 0 Å². The van der Waals surface area contributed by atoms with Gasteiger partial charge in [-0.1, -0.05) is 30.3 Å². The van der Waals surface area contributed by atoms with Crippen molar-refractivity contribution in [2.75, 3.05) is 5.73 Å². The molecule has 3 aromatic rings. The molecule has 0 aliphatic heterocycles. The average molecular weight is 269 g/mol. The molecule has 3 rings (SSSR count). The van der Waals surface area contributed by atoms with E-state index in [4.69, 9.17) is 10.8 Å². The molecule has 100 valence electrons. The molecule has 0 bridgehead atoms. The first kappa shape index (κ1) is 12.1. The minimum atomic E-state index is -0.994. The number of aliphatic carboxylic acids is 1. The maximum Gasteiger partial charge on any atom is 0.325 e. The molecular formula is C13H11N5O2. The van der Waals surface area contributed by atoms with Gasteiger partial charge in [-0.05, 0) is 0 Å². The maximum absolute atomic E-state index is 10.9. The molecule has 0 unspecified atom stereocenters. The van der Waals surface area contributed by atoms with Crippen LogP contribution in [-0.4, -0.2) is 30.8 Å². The van der Waals surface area contributed by atoms with Gasteiger partial charge in [0.15, 0.2) is 5.65 Å². The molecular weight excluding hydrogens is 258 g/mol. The fourth-order valence-electron chi connectivity index (χ4n) is 2.07. The summed E-state index contributed by atoms with van der Waals surface area (Å²) < 4.78 is 1.32. The summed E-state index contributed by atoms with van der Waals surface area (Å²) in [5.74, 6) is -0.711. The van der Waals surface area contributed by atoms with Crippen molar-refractivity contribution in [3.05, 3.63) is 36.7 Å². The Morgan fingerprint density at radius 3 is 2.70 bits per heavy atom. The Labute approximate surface area is 113 Å². The lowest BCUT2D eigenvalue weighted by atomic mass is 10.1. The van der Waals surface area contributed by atoms with E-state index in [-0.39, 0.29) is 12.4 Å². The Kier molecular flexibility index (Phi) is 2.79. The van der Waals surface area contributed by atoms with E-state index in [1.807, 2.05) is 30.3 Å². The van der Waals surface area contributed by atoms with Crippen molar-refractivity contribution < 1.29 is 9.90 Å². The molecule has 0 atom stereocenters. The van der Waals surface area contributed by atoms with E-state index in [0.29, 0.717) is 16.7 Å². The molecule has 0 aliphatic rings. The van der Waals surface area contributed by atoms with Crippen molar-refractivity contribution in [2.45, 2.75) is 6.54 Å². The van der Waals surface area contributed by atoms with Gasteiger partial charge in [0.25, 0.3) is 0 Å². The van der Waals surface area contributed by atoms with E-state index in [1.165, 1.54) is 11.0 Å². The molecule has 20 heavy (non-hydrogen) atoms. The van der Waals surface area contributed by atoms with Gasteiger partial charge in [0, 0.05) is 5.56 Å². The number of nitrogens with zero attached hydrogens (tertiary/aromatic N) is 4. The summed E-state index contributed by atoms with van der Waals surface area (Å²) in [6, 6.07) is 9.38. The van der Waals surface area contributed by atoms with E-state index >= 15 is 0 Å². The lowest BCUT2D eigenvalue weighted by molar-refractivity contribution is -0.137. The van der Waals surface area contributed by atoms with Gasteiger partial charge >= 0.3 is 5.97 Å². The molecule has 7 nitrogen and oxygen atoms in total. The zero-order chi connectivity index (χ0) is 14.1. The number of carboxylic acids is 1. The Hall–Kier alpha value is -2.96. The van der Waals surface area contributed by atoms with E-state index in [0.717, 1.165) is 5.56 Å². The van der Waals surface area contributed by atoms with Gasteiger partial charge in [0.2, 0.25) is 0 Å². The topological polar surface area (TPSA) is 107 Å². The number of hydrogen-bond acceptors (Lipinski definition) is 5. The predicted molar refractivity (Wildman–Crippen MR) is 72.8 cm³/mol. The van der Waals surface area contributed by atoms with Crippen LogP contribution >= 0.6 is 0 Å². The number of hydrogen-bond donors (Lipinski definition) is 2. The fourth-order valence-corrected chi connectivity index (χ4v) is 2.07. The van der Waals surface area contributed by atoms with Crippen LogP contribution in [0.4, 0.5) is 5.82 Å². The molecule has 2 heterocycles. The lowest BCUT2D eigenvalue weighted by Crippen LogP contribution is -2.10. The average Bonchev–Trinajstić information content (AvgIpc) is 2.79. The number of aromatic nitrogens is 4. The summed E-state index contributed by atoms with van der Waals surface area (Å²) in [6.45, 7) is -0.278. The van der Waals surface area contributed by atoms with Gasteiger partial charge < -0.3 is 10.8 Å². The van der Waals surface area contributed by atoms with Crippen molar-refractivity contribution in [1.82, 2.24) is 19.7 Å². The summed E-state index contributed by atoms with van der Waals surface area (Å²) in [4.78, 5) is 18.9. The SMILES string of the molecule is Nc1ncnc2c1c(-c1ccccc1)nn2CC(=O)O. The monoisotopic (exact) mass is 269 g/mol. The molecule has 0 saturated carbocycles. The van der Waals surface area contributed by atoms with Crippen LogP contribution in [0.2, 0.25) is 0 Å². The van der Waals surface area contributed by atoms with Crippen LogP contribution in [0.3, 0.4) is 0 Å². The van der Waals surface area contributed by atoms with Crippen LogP contribution in [0.25, 0.3) is 22.3 Å². The summed E-state index contributed by atoms with van der Waals surface area (Å²) in [6.07, 6.45) is 1.30. The maximum atomic E-state index is 10.9. The molecule has 0 fully saturated rings. The van der Waals surface area contributed by atoms with E-state index in [1.54, 1.807) is 0 Å². The molecule has 0 spiro atoms. The Morgan fingerprint density at radius 2 is 2.00 bits per heavy atom. The highest BCUT2D eigenvalue weighted by molar-refractivity contribution is 5.98. The van der Waals surface area contributed by atoms with Gasteiger partial charge in [-0.25, -0.2) is 14.6 Å². The second-order valence-corrected chi connectivity index (χ2v) is 4.22. The molecule has 0 amide bonds. The zero-order valence-electron chi connectivity index (χ0n) is 10.4.